The summed E-state index contributed by atoms with van der Waals surface area (Å²) in [6.45, 7) is 1.24. The number of amides is 1. The second-order valence-electron chi connectivity index (χ2n) is 8.02. The minimum Gasteiger partial charge on any atom is -0.494 e. The highest BCUT2D eigenvalue weighted by molar-refractivity contribution is 7.86. The molecule has 41 heavy (non-hydrogen) atoms. The van der Waals surface area contributed by atoms with Crippen LogP contribution in [0, 0.1) is 0 Å². The largest absolute Gasteiger partial charge is 0.494 e. The number of nitrogens with zero attached hydrogens (tertiary/aromatic N) is 5. The van der Waals surface area contributed by atoms with Gasteiger partial charge in [-0.05, 0) is 47.5 Å². The van der Waals surface area contributed by atoms with Gasteiger partial charge in [-0.25, -0.2) is 0 Å². The summed E-state index contributed by atoms with van der Waals surface area (Å²) in [6.07, 6.45) is 0. The highest BCUT2D eigenvalue weighted by Crippen LogP contribution is 2.39. The van der Waals surface area contributed by atoms with Gasteiger partial charge in [0, 0.05) is 23.8 Å². The Labute approximate surface area is 242 Å². The minimum atomic E-state index is -4.87. The average Bonchev–Trinajstić information content (AvgIpc) is 2.85. The molecule has 3 aromatic carbocycles. The van der Waals surface area contributed by atoms with Gasteiger partial charge in [-0.3, -0.25) is 13.9 Å². The van der Waals surface area contributed by atoms with Crippen LogP contribution in [0.5, 0.6) is 5.75 Å². The summed E-state index contributed by atoms with van der Waals surface area (Å²) in [4.78, 5) is 22.1. The SMILES string of the molecule is COc1cc(/N=N/c2cc(S(=O)(=O)O)c3cccc(S(=O)(=O)O)c3c2)c(NC(C)=O)cc1Nc1nc(Cl)nc(Cl)n1. The Hall–Kier alpha value is -4.00. The van der Waals surface area contributed by atoms with Crippen LogP contribution >= 0.6 is 23.2 Å². The monoisotopic (exact) mass is 641 g/mol. The van der Waals surface area contributed by atoms with E-state index in [1.807, 2.05) is 0 Å². The van der Waals surface area contributed by atoms with Crippen molar-refractivity contribution in [3.05, 3.63) is 53.0 Å². The van der Waals surface area contributed by atoms with Crippen LogP contribution in [0.4, 0.5) is 28.7 Å². The molecule has 0 aliphatic rings. The normalized spacial score (nSPS) is 12.0. The average molecular weight is 642 g/mol. The van der Waals surface area contributed by atoms with Gasteiger partial charge < -0.3 is 15.4 Å². The van der Waals surface area contributed by atoms with Crippen molar-refractivity contribution in [3.8, 4) is 5.75 Å². The standard InChI is InChI=1S/C22H17Cl2N7O8S2/c1-10(32)25-14-8-16(26-22-28-20(23)27-21(24)29-22)17(39-2)9-15(14)31-30-11-6-13-12(19(7-11)41(36,37)38)4-3-5-18(13)40(33,34)35/h3-9H,1-2H3,(H,25,32)(H,33,34,35)(H,36,37,38)(H,26,27,28,29)/b31-30+. The Morgan fingerprint density at radius 3 is 2.12 bits per heavy atom. The third-order valence-electron chi connectivity index (χ3n) is 5.19. The number of ether oxygens (including phenoxy) is 1. The Balaban J connectivity index is 1.87. The summed E-state index contributed by atoms with van der Waals surface area (Å²) < 4.78 is 72.8. The molecule has 1 amide bonds. The maximum absolute atomic E-state index is 12.1. The number of halogens is 2. The van der Waals surface area contributed by atoms with Crippen LogP contribution in [-0.2, 0) is 25.0 Å². The number of carbonyl (C=O) groups excluding carboxylic acids is 1. The first-order valence-corrected chi connectivity index (χ1v) is 14.6. The van der Waals surface area contributed by atoms with Crippen LogP contribution in [-0.4, -0.2) is 53.9 Å². The quantitative estimate of drug-likeness (QED) is 0.148. The third-order valence-corrected chi connectivity index (χ3v) is 7.33. The van der Waals surface area contributed by atoms with Crippen LogP contribution in [0.25, 0.3) is 10.8 Å². The first-order chi connectivity index (χ1) is 19.2. The summed E-state index contributed by atoms with van der Waals surface area (Å²) in [5, 5.41) is 12.6. The van der Waals surface area contributed by atoms with E-state index in [2.05, 4.69) is 35.8 Å². The second-order valence-corrected chi connectivity index (χ2v) is 11.5. The van der Waals surface area contributed by atoms with Crippen molar-refractivity contribution < 1.29 is 35.5 Å². The molecule has 0 unspecified atom stereocenters. The summed E-state index contributed by atoms with van der Waals surface area (Å²) in [6, 6.07) is 8.35. The molecular formula is C22H17Cl2N7O8S2. The number of azo groups is 1. The molecule has 4 aromatic rings. The number of anilines is 3. The summed E-state index contributed by atoms with van der Waals surface area (Å²) in [5.74, 6) is -0.368. The molecule has 0 aliphatic carbocycles. The molecule has 1 heterocycles. The number of hydrogen-bond donors (Lipinski definition) is 4. The van der Waals surface area contributed by atoms with Gasteiger partial charge in [0.05, 0.1) is 24.2 Å². The zero-order chi connectivity index (χ0) is 30.1. The van der Waals surface area contributed by atoms with E-state index >= 15 is 0 Å². The van der Waals surface area contributed by atoms with Gasteiger partial charge in [0.1, 0.15) is 21.2 Å². The van der Waals surface area contributed by atoms with E-state index in [0.717, 1.165) is 18.2 Å². The van der Waals surface area contributed by atoms with Crippen LogP contribution in [0.2, 0.25) is 10.6 Å². The zero-order valence-corrected chi connectivity index (χ0v) is 23.8. The first-order valence-electron chi connectivity index (χ1n) is 10.9. The molecule has 4 N–H and O–H groups in total. The topological polar surface area (TPSA) is 222 Å². The molecule has 0 bridgehead atoms. The number of fused-ring (bicyclic) bond motifs is 1. The lowest BCUT2D eigenvalue weighted by molar-refractivity contribution is -0.114. The summed E-state index contributed by atoms with van der Waals surface area (Å²) in [7, 11) is -8.32. The maximum atomic E-state index is 12.1. The molecule has 0 saturated heterocycles. The fourth-order valence-corrected chi connectivity index (χ4v) is 5.41. The van der Waals surface area contributed by atoms with Gasteiger partial charge in [0.25, 0.3) is 20.2 Å². The van der Waals surface area contributed by atoms with E-state index in [0.29, 0.717) is 0 Å². The highest BCUT2D eigenvalue weighted by Gasteiger charge is 2.21. The van der Waals surface area contributed by atoms with Crippen molar-refractivity contribution >= 4 is 88.8 Å². The van der Waals surface area contributed by atoms with Crippen LogP contribution in [0.1, 0.15) is 6.92 Å². The van der Waals surface area contributed by atoms with Crippen molar-refractivity contribution in [2.24, 2.45) is 10.2 Å². The Morgan fingerprint density at radius 2 is 1.54 bits per heavy atom. The summed E-state index contributed by atoms with van der Waals surface area (Å²) >= 11 is 11.6. The smallest absolute Gasteiger partial charge is 0.295 e. The van der Waals surface area contributed by atoms with Gasteiger partial charge >= 0.3 is 0 Å². The molecule has 4 rings (SSSR count). The fraction of sp³-hybridized carbons (Fsp3) is 0.0909. The number of aromatic nitrogens is 3. The molecule has 15 nitrogen and oxygen atoms in total. The zero-order valence-electron chi connectivity index (χ0n) is 20.7. The Morgan fingerprint density at radius 1 is 0.878 bits per heavy atom. The van der Waals surface area contributed by atoms with Crippen molar-refractivity contribution in [3.63, 3.8) is 0 Å². The molecule has 19 heteroatoms. The van der Waals surface area contributed by atoms with Gasteiger partial charge in [0.2, 0.25) is 22.4 Å². The predicted octanol–water partition coefficient (Wildman–Crippen LogP) is 4.95. The number of rotatable bonds is 8. The lowest BCUT2D eigenvalue weighted by Gasteiger charge is -2.14. The number of hydrogen-bond acceptors (Lipinski definition) is 12. The van der Waals surface area contributed by atoms with Crippen LogP contribution < -0.4 is 15.4 Å². The van der Waals surface area contributed by atoms with Gasteiger partial charge in [-0.2, -0.15) is 36.9 Å². The molecule has 214 valence electrons. The van der Waals surface area contributed by atoms with E-state index in [1.54, 1.807) is 0 Å². The molecular weight excluding hydrogens is 625 g/mol. The van der Waals surface area contributed by atoms with Crippen LogP contribution in [0.3, 0.4) is 0 Å². The maximum Gasteiger partial charge on any atom is 0.295 e. The lowest BCUT2D eigenvalue weighted by Crippen LogP contribution is -2.07. The fourth-order valence-electron chi connectivity index (χ4n) is 3.63. The van der Waals surface area contributed by atoms with Crippen molar-refractivity contribution in [2.75, 3.05) is 17.7 Å². The Bertz CT molecular complexity index is 1940. The minimum absolute atomic E-state index is 0.0193. The molecule has 0 fully saturated rings. The van der Waals surface area contributed by atoms with E-state index in [9.17, 15) is 30.7 Å². The molecule has 0 saturated carbocycles. The number of carbonyl (C=O) groups is 1. The van der Waals surface area contributed by atoms with Crippen molar-refractivity contribution in [1.82, 2.24) is 15.0 Å². The molecule has 0 aliphatic heterocycles. The van der Waals surface area contributed by atoms with Crippen molar-refractivity contribution in [2.45, 2.75) is 16.7 Å². The van der Waals surface area contributed by atoms with E-state index in [-0.39, 0.29) is 55.8 Å². The number of nitrogens with one attached hydrogen (secondary N) is 2. The van der Waals surface area contributed by atoms with Crippen LogP contribution in [0.15, 0.2) is 62.5 Å². The van der Waals surface area contributed by atoms with E-state index in [1.165, 1.54) is 38.3 Å². The highest BCUT2D eigenvalue weighted by atomic mass is 35.5. The Kier molecular flexibility index (Phi) is 8.39. The van der Waals surface area contributed by atoms with Gasteiger partial charge in [-0.15, -0.1) is 5.11 Å². The number of methoxy groups -OCH3 is 1. The molecule has 1 aromatic heterocycles. The first kappa shape index (κ1) is 30.0. The van der Waals surface area contributed by atoms with Gasteiger partial charge in [0.15, 0.2) is 0 Å². The molecule has 0 spiro atoms. The van der Waals surface area contributed by atoms with E-state index < -0.39 is 35.9 Å². The number of benzene rings is 3. The van der Waals surface area contributed by atoms with Crippen molar-refractivity contribution in [1.29, 1.82) is 0 Å². The second kappa shape index (κ2) is 11.5. The molecule has 0 radical (unpaired) electrons. The third kappa shape index (κ3) is 7.02. The van der Waals surface area contributed by atoms with Gasteiger partial charge in [-0.1, -0.05) is 12.1 Å². The predicted molar refractivity (Wildman–Crippen MR) is 148 cm³/mol. The summed E-state index contributed by atoms with van der Waals surface area (Å²) in [5.41, 5.74) is 0.146. The molecule has 0 atom stereocenters. The van der Waals surface area contributed by atoms with E-state index in [4.69, 9.17) is 27.9 Å². The lowest BCUT2D eigenvalue weighted by atomic mass is 10.1.